The highest BCUT2D eigenvalue weighted by Crippen LogP contribution is 2.32. The first-order chi connectivity index (χ1) is 15.2. The van der Waals surface area contributed by atoms with E-state index in [1.54, 1.807) is 7.11 Å². The summed E-state index contributed by atoms with van der Waals surface area (Å²) in [5.74, 6) is 0.737. The summed E-state index contributed by atoms with van der Waals surface area (Å²) in [6.45, 7) is 4.16. The maximum Gasteiger partial charge on any atom is 0.219 e. The van der Waals surface area contributed by atoms with E-state index in [1.807, 2.05) is 0 Å². The Hall–Kier alpha value is -2.63. The highest BCUT2D eigenvalue weighted by molar-refractivity contribution is 5.94. The summed E-state index contributed by atoms with van der Waals surface area (Å²) in [5, 5.41) is 2.57. The van der Waals surface area contributed by atoms with Crippen LogP contribution in [0.25, 0.3) is 10.8 Å². The second-order valence-electron chi connectivity index (χ2n) is 8.75. The minimum atomic E-state index is 0.473. The Morgan fingerprint density at radius 2 is 1.97 bits per heavy atom. The van der Waals surface area contributed by atoms with Crippen LogP contribution in [0.1, 0.15) is 29.7 Å². The van der Waals surface area contributed by atoms with Crippen molar-refractivity contribution >= 4 is 16.5 Å². The third-order valence-corrected chi connectivity index (χ3v) is 6.71. The largest absolute Gasteiger partial charge is 0.476 e. The Labute approximate surface area is 184 Å². The molecular formula is C26H31N3O2. The number of hydrogen-bond donors (Lipinski definition) is 0. The zero-order valence-corrected chi connectivity index (χ0v) is 18.5. The maximum atomic E-state index is 6.27. The molecule has 0 bridgehead atoms. The van der Waals surface area contributed by atoms with Crippen molar-refractivity contribution in [2.45, 2.75) is 38.5 Å². The Balaban J connectivity index is 1.42. The van der Waals surface area contributed by atoms with Crippen LogP contribution in [0.3, 0.4) is 0 Å². The molecule has 5 heteroatoms. The van der Waals surface area contributed by atoms with Crippen molar-refractivity contribution in [3.8, 4) is 5.88 Å². The first-order valence-electron chi connectivity index (χ1n) is 11.3. The topological polar surface area (TPSA) is 37.8 Å². The molecule has 0 aliphatic carbocycles. The molecule has 0 unspecified atom stereocenters. The minimum absolute atomic E-state index is 0.473. The van der Waals surface area contributed by atoms with Gasteiger partial charge in [-0.3, -0.25) is 0 Å². The molecule has 5 nitrogen and oxygen atoms in total. The molecule has 1 aromatic heterocycles. The number of fused-ring (bicyclic) bond motifs is 2. The van der Waals surface area contributed by atoms with Gasteiger partial charge in [-0.15, -0.1) is 0 Å². The SMILES string of the molecule is COCc1cc2c(nc1OC[C@H]1CCCN1C)CN(c1cccc3ccccc13)CC2. The number of ether oxygens (including phenoxy) is 2. The number of methoxy groups -OCH3 is 1. The van der Waals surface area contributed by atoms with E-state index in [1.165, 1.54) is 34.9 Å². The van der Waals surface area contributed by atoms with Gasteiger partial charge in [0.2, 0.25) is 5.88 Å². The zero-order chi connectivity index (χ0) is 21.2. The number of anilines is 1. The van der Waals surface area contributed by atoms with Crippen LogP contribution in [0.2, 0.25) is 0 Å². The summed E-state index contributed by atoms with van der Waals surface area (Å²) in [6.07, 6.45) is 3.41. The lowest BCUT2D eigenvalue weighted by atomic mass is 10.0. The average Bonchev–Trinajstić information content (AvgIpc) is 3.22. The molecular weight excluding hydrogens is 386 g/mol. The molecule has 2 aromatic carbocycles. The molecule has 5 rings (SSSR count). The van der Waals surface area contributed by atoms with Crippen LogP contribution >= 0.6 is 0 Å². The lowest BCUT2D eigenvalue weighted by Gasteiger charge is -2.31. The van der Waals surface area contributed by atoms with Crippen LogP contribution in [0.15, 0.2) is 48.5 Å². The van der Waals surface area contributed by atoms with Gasteiger partial charge in [0.1, 0.15) is 6.61 Å². The molecule has 31 heavy (non-hydrogen) atoms. The minimum Gasteiger partial charge on any atom is -0.476 e. The molecule has 1 saturated heterocycles. The number of rotatable bonds is 6. The van der Waals surface area contributed by atoms with Gasteiger partial charge in [0.05, 0.1) is 18.8 Å². The second kappa shape index (κ2) is 8.85. The van der Waals surface area contributed by atoms with Gasteiger partial charge in [-0.1, -0.05) is 36.4 Å². The van der Waals surface area contributed by atoms with Crippen LogP contribution < -0.4 is 9.64 Å². The molecule has 0 spiro atoms. The van der Waals surface area contributed by atoms with Crippen LogP contribution in [0, 0.1) is 0 Å². The first-order valence-corrected chi connectivity index (χ1v) is 11.3. The molecule has 1 fully saturated rings. The van der Waals surface area contributed by atoms with Crippen molar-refractivity contribution in [2.24, 2.45) is 0 Å². The fraction of sp³-hybridized carbons (Fsp3) is 0.423. The van der Waals surface area contributed by atoms with E-state index in [0.717, 1.165) is 43.2 Å². The van der Waals surface area contributed by atoms with Gasteiger partial charge in [0.15, 0.2) is 0 Å². The van der Waals surface area contributed by atoms with Crippen molar-refractivity contribution in [1.29, 1.82) is 0 Å². The highest BCUT2D eigenvalue weighted by atomic mass is 16.5. The molecule has 0 radical (unpaired) electrons. The lowest BCUT2D eigenvalue weighted by molar-refractivity contribution is 0.166. The average molecular weight is 418 g/mol. The number of pyridine rings is 1. The second-order valence-corrected chi connectivity index (χ2v) is 8.75. The normalized spacial score (nSPS) is 19.0. The van der Waals surface area contributed by atoms with Gasteiger partial charge in [-0.05, 0) is 55.9 Å². The Morgan fingerprint density at radius 1 is 1.10 bits per heavy atom. The molecule has 162 valence electrons. The smallest absolute Gasteiger partial charge is 0.219 e. The highest BCUT2D eigenvalue weighted by Gasteiger charge is 2.24. The molecule has 3 aromatic rings. The van der Waals surface area contributed by atoms with E-state index in [2.05, 4.69) is 65.4 Å². The number of nitrogens with zero attached hydrogens (tertiary/aromatic N) is 3. The molecule has 1 atom stereocenters. The van der Waals surface area contributed by atoms with Gasteiger partial charge >= 0.3 is 0 Å². The number of hydrogen-bond acceptors (Lipinski definition) is 5. The quantitative estimate of drug-likeness (QED) is 0.594. The van der Waals surface area contributed by atoms with Gasteiger partial charge in [-0.2, -0.15) is 0 Å². The van der Waals surface area contributed by atoms with Crippen molar-refractivity contribution in [1.82, 2.24) is 9.88 Å². The monoisotopic (exact) mass is 417 g/mol. The van der Waals surface area contributed by atoms with E-state index < -0.39 is 0 Å². The van der Waals surface area contributed by atoms with Crippen LogP contribution in [-0.4, -0.2) is 49.8 Å². The standard InChI is InChI=1S/C26H31N3O2/c1-28-13-6-9-22(28)18-31-26-21(17-30-2)15-20-12-14-29(16-24(20)27-26)25-11-5-8-19-7-3-4-10-23(19)25/h3-5,7-8,10-11,15,22H,6,9,12-14,16-18H2,1-2H3/t22-/m1/s1. The molecule has 3 heterocycles. The van der Waals surface area contributed by atoms with Gasteiger partial charge in [0, 0.05) is 36.3 Å². The van der Waals surface area contributed by atoms with Gasteiger partial charge in [-0.25, -0.2) is 4.98 Å². The Kier molecular flexibility index (Phi) is 5.79. The van der Waals surface area contributed by atoms with Crippen molar-refractivity contribution in [2.75, 3.05) is 38.8 Å². The van der Waals surface area contributed by atoms with E-state index in [9.17, 15) is 0 Å². The third kappa shape index (κ3) is 4.12. The Bertz CT molecular complexity index is 1060. The van der Waals surface area contributed by atoms with Crippen molar-refractivity contribution < 1.29 is 9.47 Å². The van der Waals surface area contributed by atoms with E-state index in [0.29, 0.717) is 19.3 Å². The predicted molar refractivity (Wildman–Crippen MR) is 125 cm³/mol. The summed E-state index contributed by atoms with van der Waals surface area (Å²) in [7, 11) is 3.91. The fourth-order valence-electron chi connectivity index (χ4n) is 4.93. The fourth-order valence-corrected chi connectivity index (χ4v) is 4.93. The molecule has 0 amide bonds. The molecule has 0 N–H and O–H groups in total. The van der Waals surface area contributed by atoms with Crippen LogP contribution in [-0.2, 0) is 24.3 Å². The maximum absolute atomic E-state index is 6.27. The van der Waals surface area contributed by atoms with E-state index >= 15 is 0 Å². The van der Waals surface area contributed by atoms with E-state index in [4.69, 9.17) is 14.5 Å². The summed E-state index contributed by atoms with van der Waals surface area (Å²) < 4.78 is 11.7. The van der Waals surface area contributed by atoms with Crippen LogP contribution in [0.4, 0.5) is 5.69 Å². The predicted octanol–water partition coefficient (Wildman–Crippen LogP) is 4.42. The summed E-state index contributed by atoms with van der Waals surface area (Å²) in [6, 6.07) is 17.9. The van der Waals surface area contributed by atoms with Gasteiger partial charge < -0.3 is 19.3 Å². The number of likely N-dealkylation sites (N-methyl/N-ethyl adjacent to an activating group) is 1. The number of likely N-dealkylation sites (tertiary alicyclic amines) is 1. The molecule has 0 saturated carbocycles. The lowest BCUT2D eigenvalue weighted by Crippen LogP contribution is -2.32. The number of aromatic nitrogens is 1. The molecule has 2 aliphatic rings. The van der Waals surface area contributed by atoms with E-state index in [-0.39, 0.29) is 0 Å². The zero-order valence-electron chi connectivity index (χ0n) is 18.5. The Morgan fingerprint density at radius 3 is 2.81 bits per heavy atom. The van der Waals surface area contributed by atoms with Crippen molar-refractivity contribution in [3.05, 3.63) is 65.4 Å². The van der Waals surface area contributed by atoms with Crippen molar-refractivity contribution in [3.63, 3.8) is 0 Å². The molecule has 2 aliphatic heterocycles. The first kappa shape index (κ1) is 20.3. The summed E-state index contributed by atoms with van der Waals surface area (Å²) in [5.41, 5.74) is 4.77. The van der Waals surface area contributed by atoms with Crippen LogP contribution in [0.5, 0.6) is 5.88 Å². The van der Waals surface area contributed by atoms with Gasteiger partial charge in [0.25, 0.3) is 0 Å². The summed E-state index contributed by atoms with van der Waals surface area (Å²) >= 11 is 0. The third-order valence-electron chi connectivity index (χ3n) is 6.71. The summed E-state index contributed by atoms with van der Waals surface area (Å²) in [4.78, 5) is 9.84. The number of benzene rings is 2.